The summed E-state index contributed by atoms with van der Waals surface area (Å²) in [5, 5.41) is 6.99. The number of halogens is 4. The van der Waals surface area contributed by atoms with Crippen LogP contribution in [0.2, 0.25) is 0 Å². The molecule has 0 atom stereocenters. The maximum atomic E-state index is 13.8. The first kappa shape index (κ1) is 19.9. The Morgan fingerprint density at radius 2 is 1.34 bits per heavy atom. The number of amides is 3. The SMILES string of the molecule is O=C(Nc1cccc(F)c1)Nc1cc(F)ccc1NC(=O)c1ccc(F)cc1F. The Kier molecular flexibility index (Phi) is 5.77. The second-order valence-corrected chi connectivity index (χ2v) is 5.86. The zero-order valence-corrected chi connectivity index (χ0v) is 14.6. The molecule has 0 heterocycles. The molecular weight excluding hydrogens is 390 g/mol. The van der Waals surface area contributed by atoms with Gasteiger partial charge in [0.25, 0.3) is 5.91 Å². The number of urea groups is 1. The molecule has 0 aliphatic rings. The summed E-state index contributed by atoms with van der Waals surface area (Å²) in [6, 6.07) is 9.78. The molecule has 0 saturated heterocycles. The molecule has 3 aromatic carbocycles. The summed E-state index contributed by atoms with van der Waals surface area (Å²) < 4.78 is 53.6. The van der Waals surface area contributed by atoms with E-state index in [1.165, 1.54) is 18.2 Å². The second kappa shape index (κ2) is 8.42. The average Bonchev–Trinajstić information content (AvgIpc) is 2.63. The van der Waals surface area contributed by atoms with Gasteiger partial charge >= 0.3 is 6.03 Å². The molecule has 0 aliphatic carbocycles. The number of carbonyl (C=O) groups excluding carboxylic acids is 2. The minimum absolute atomic E-state index is 0.0329. The van der Waals surface area contributed by atoms with Crippen LogP contribution in [0.15, 0.2) is 60.7 Å². The van der Waals surface area contributed by atoms with Crippen LogP contribution >= 0.6 is 0 Å². The number of carbonyl (C=O) groups is 2. The highest BCUT2D eigenvalue weighted by Crippen LogP contribution is 2.24. The topological polar surface area (TPSA) is 70.2 Å². The lowest BCUT2D eigenvalue weighted by Crippen LogP contribution is -2.21. The van der Waals surface area contributed by atoms with Gasteiger partial charge in [0, 0.05) is 11.8 Å². The first-order valence-corrected chi connectivity index (χ1v) is 8.21. The van der Waals surface area contributed by atoms with Crippen molar-refractivity contribution in [3.05, 3.63) is 89.5 Å². The second-order valence-electron chi connectivity index (χ2n) is 5.86. The lowest BCUT2D eigenvalue weighted by Gasteiger charge is -2.13. The molecule has 3 amide bonds. The molecule has 9 heteroatoms. The summed E-state index contributed by atoms with van der Waals surface area (Å²) in [6.45, 7) is 0. The van der Waals surface area contributed by atoms with E-state index in [1.54, 1.807) is 0 Å². The fourth-order valence-corrected chi connectivity index (χ4v) is 2.44. The van der Waals surface area contributed by atoms with E-state index >= 15 is 0 Å². The summed E-state index contributed by atoms with van der Waals surface area (Å²) >= 11 is 0. The fourth-order valence-electron chi connectivity index (χ4n) is 2.44. The molecular formula is C20H13F4N3O2. The summed E-state index contributed by atoms with van der Waals surface area (Å²) in [5.41, 5.74) is -0.451. The van der Waals surface area contributed by atoms with Crippen LogP contribution in [0, 0.1) is 23.3 Å². The number of anilines is 3. The van der Waals surface area contributed by atoms with E-state index < -0.39 is 40.8 Å². The van der Waals surface area contributed by atoms with Gasteiger partial charge in [-0.15, -0.1) is 0 Å². The molecule has 0 radical (unpaired) electrons. The van der Waals surface area contributed by atoms with Crippen LogP contribution in [0.25, 0.3) is 0 Å². The van der Waals surface area contributed by atoms with Gasteiger partial charge in [0.2, 0.25) is 0 Å². The molecule has 0 spiro atoms. The molecule has 0 aromatic heterocycles. The molecule has 5 nitrogen and oxygen atoms in total. The van der Waals surface area contributed by atoms with Crippen molar-refractivity contribution in [3.8, 4) is 0 Å². The Morgan fingerprint density at radius 1 is 0.655 bits per heavy atom. The Labute approximate surface area is 162 Å². The molecule has 0 fully saturated rings. The first-order chi connectivity index (χ1) is 13.8. The van der Waals surface area contributed by atoms with Crippen molar-refractivity contribution in [2.24, 2.45) is 0 Å². The van der Waals surface area contributed by atoms with E-state index in [0.717, 1.165) is 36.4 Å². The highest BCUT2D eigenvalue weighted by Gasteiger charge is 2.16. The van der Waals surface area contributed by atoms with Crippen LogP contribution in [0.4, 0.5) is 39.4 Å². The molecule has 0 saturated carbocycles. The predicted octanol–water partition coefficient (Wildman–Crippen LogP) is 5.14. The average molecular weight is 403 g/mol. The zero-order chi connectivity index (χ0) is 21.0. The van der Waals surface area contributed by atoms with E-state index in [0.29, 0.717) is 6.07 Å². The van der Waals surface area contributed by atoms with Gasteiger partial charge in [0.05, 0.1) is 16.9 Å². The monoisotopic (exact) mass is 403 g/mol. The van der Waals surface area contributed by atoms with Gasteiger partial charge in [-0.1, -0.05) is 6.07 Å². The van der Waals surface area contributed by atoms with Crippen molar-refractivity contribution in [3.63, 3.8) is 0 Å². The Bertz CT molecular complexity index is 1090. The van der Waals surface area contributed by atoms with Crippen LogP contribution in [0.1, 0.15) is 10.4 Å². The van der Waals surface area contributed by atoms with Gasteiger partial charge in [-0.25, -0.2) is 22.4 Å². The molecule has 29 heavy (non-hydrogen) atoms. The van der Waals surface area contributed by atoms with E-state index in [-0.39, 0.29) is 17.1 Å². The van der Waals surface area contributed by atoms with E-state index in [9.17, 15) is 27.2 Å². The lowest BCUT2D eigenvalue weighted by atomic mass is 10.1. The van der Waals surface area contributed by atoms with Gasteiger partial charge in [0.15, 0.2) is 0 Å². The van der Waals surface area contributed by atoms with E-state index in [1.807, 2.05) is 0 Å². The third kappa shape index (κ3) is 5.10. The smallest absolute Gasteiger partial charge is 0.320 e. The van der Waals surface area contributed by atoms with Gasteiger partial charge in [-0.3, -0.25) is 4.79 Å². The third-order valence-corrected chi connectivity index (χ3v) is 3.74. The van der Waals surface area contributed by atoms with Crippen molar-refractivity contribution in [1.29, 1.82) is 0 Å². The standard InChI is InChI=1S/C20H13F4N3O2/c21-11-2-1-3-14(8-11)25-20(29)27-18-10-13(23)5-7-17(18)26-19(28)15-6-4-12(22)9-16(15)24/h1-10H,(H,26,28)(H2,25,27,29). The van der Waals surface area contributed by atoms with Crippen LogP contribution < -0.4 is 16.0 Å². The molecule has 3 rings (SSSR count). The van der Waals surface area contributed by atoms with Crippen LogP contribution in [-0.2, 0) is 0 Å². The van der Waals surface area contributed by atoms with Crippen molar-refractivity contribution >= 4 is 29.0 Å². The molecule has 148 valence electrons. The highest BCUT2D eigenvalue weighted by atomic mass is 19.1. The summed E-state index contributed by atoms with van der Waals surface area (Å²) in [7, 11) is 0. The van der Waals surface area contributed by atoms with Gasteiger partial charge < -0.3 is 16.0 Å². The van der Waals surface area contributed by atoms with E-state index in [4.69, 9.17) is 0 Å². The van der Waals surface area contributed by atoms with Crippen molar-refractivity contribution < 1.29 is 27.2 Å². The van der Waals surface area contributed by atoms with Crippen LogP contribution in [0.3, 0.4) is 0 Å². The number of hydrogen-bond acceptors (Lipinski definition) is 2. The normalized spacial score (nSPS) is 10.3. The predicted molar refractivity (Wildman–Crippen MR) is 99.8 cm³/mol. The number of benzene rings is 3. The van der Waals surface area contributed by atoms with Crippen molar-refractivity contribution in [2.75, 3.05) is 16.0 Å². The number of rotatable bonds is 4. The Morgan fingerprint density at radius 3 is 2.07 bits per heavy atom. The number of hydrogen-bond donors (Lipinski definition) is 3. The fraction of sp³-hybridized carbons (Fsp3) is 0. The summed E-state index contributed by atoms with van der Waals surface area (Å²) in [6.07, 6.45) is 0. The zero-order valence-electron chi connectivity index (χ0n) is 14.6. The van der Waals surface area contributed by atoms with Crippen molar-refractivity contribution in [1.82, 2.24) is 0 Å². The third-order valence-electron chi connectivity index (χ3n) is 3.74. The Hall–Kier alpha value is -3.88. The lowest BCUT2D eigenvalue weighted by molar-refractivity contribution is 0.102. The van der Waals surface area contributed by atoms with Gasteiger partial charge in [-0.2, -0.15) is 0 Å². The maximum Gasteiger partial charge on any atom is 0.323 e. The summed E-state index contributed by atoms with van der Waals surface area (Å²) in [4.78, 5) is 24.4. The maximum absolute atomic E-state index is 13.8. The minimum atomic E-state index is -1.08. The first-order valence-electron chi connectivity index (χ1n) is 8.21. The van der Waals surface area contributed by atoms with E-state index in [2.05, 4.69) is 16.0 Å². The largest absolute Gasteiger partial charge is 0.323 e. The Balaban J connectivity index is 1.78. The molecule has 0 aliphatic heterocycles. The highest BCUT2D eigenvalue weighted by molar-refractivity contribution is 6.08. The quantitative estimate of drug-likeness (QED) is 0.528. The molecule has 3 aromatic rings. The molecule has 0 unspecified atom stereocenters. The minimum Gasteiger partial charge on any atom is -0.320 e. The van der Waals surface area contributed by atoms with Crippen LogP contribution in [-0.4, -0.2) is 11.9 Å². The molecule has 3 N–H and O–H groups in total. The van der Waals surface area contributed by atoms with Crippen molar-refractivity contribution in [2.45, 2.75) is 0 Å². The van der Waals surface area contributed by atoms with Crippen LogP contribution in [0.5, 0.6) is 0 Å². The van der Waals surface area contributed by atoms with Gasteiger partial charge in [-0.05, 0) is 48.5 Å². The summed E-state index contributed by atoms with van der Waals surface area (Å²) in [5.74, 6) is -4.14. The number of nitrogens with one attached hydrogen (secondary N) is 3. The molecule has 0 bridgehead atoms. The van der Waals surface area contributed by atoms with Gasteiger partial charge in [0.1, 0.15) is 23.3 Å².